The third-order valence-electron chi connectivity index (χ3n) is 5.10. The molecule has 0 amide bonds. The molecule has 1 aromatic carbocycles. The molecule has 0 saturated carbocycles. The molecule has 2 aliphatic rings. The van der Waals surface area contributed by atoms with E-state index in [0.29, 0.717) is 0 Å². The van der Waals surface area contributed by atoms with Crippen LogP contribution < -0.4 is 10.2 Å². The summed E-state index contributed by atoms with van der Waals surface area (Å²) in [7, 11) is 1.79. The zero-order valence-electron chi connectivity index (χ0n) is 13.7. The molecular formula is C18H28N2O. The molecule has 3 rings (SSSR count). The fraction of sp³-hybridized carbons (Fsp3) is 0.667. The highest BCUT2D eigenvalue weighted by molar-refractivity contribution is 5.62. The molecule has 2 aliphatic heterocycles. The zero-order chi connectivity index (χ0) is 14.9. The summed E-state index contributed by atoms with van der Waals surface area (Å²) in [6.07, 6.45) is 3.54. The van der Waals surface area contributed by atoms with E-state index in [-0.39, 0.29) is 5.41 Å². The van der Waals surface area contributed by atoms with Crippen LogP contribution in [0.3, 0.4) is 0 Å². The Bertz CT molecular complexity index is 510. The van der Waals surface area contributed by atoms with Crippen molar-refractivity contribution in [2.75, 3.05) is 44.8 Å². The summed E-state index contributed by atoms with van der Waals surface area (Å²) in [5.74, 6) is 0. The minimum atomic E-state index is 0.285. The van der Waals surface area contributed by atoms with Gasteiger partial charge in [-0.2, -0.15) is 0 Å². The molecule has 0 bridgehead atoms. The van der Waals surface area contributed by atoms with Crippen LogP contribution in [-0.4, -0.2) is 39.9 Å². The van der Waals surface area contributed by atoms with Crippen LogP contribution in [0.1, 0.15) is 37.0 Å². The molecule has 0 aromatic heterocycles. The van der Waals surface area contributed by atoms with Crippen molar-refractivity contribution in [1.82, 2.24) is 5.32 Å². The highest BCUT2D eigenvalue weighted by atomic mass is 16.5. The minimum absolute atomic E-state index is 0.285. The van der Waals surface area contributed by atoms with E-state index in [1.54, 1.807) is 18.2 Å². The average Bonchev–Trinajstić information content (AvgIpc) is 2.70. The number of anilines is 1. The van der Waals surface area contributed by atoms with Crippen molar-refractivity contribution in [2.45, 2.75) is 38.5 Å². The number of ether oxygens (including phenoxy) is 1. The molecule has 0 unspecified atom stereocenters. The molecule has 0 spiro atoms. The van der Waals surface area contributed by atoms with E-state index in [2.05, 4.69) is 36.2 Å². The van der Waals surface area contributed by atoms with Crippen molar-refractivity contribution >= 4 is 5.69 Å². The predicted octanol–water partition coefficient (Wildman–Crippen LogP) is 2.51. The predicted molar refractivity (Wildman–Crippen MR) is 88.5 cm³/mol. The summed E-state index contributed by atoms with van der Waals surface area (Å²) in [6, 6.07) is 4.96. The van der Waals surface area contributed by atoms with Crippen molar-refractivity contribution in [3.8, 4) is 0 Å². The van der Waals surface area contributed by atoms with Crippen LogP contribution in [0, 0.1) is 0 Å². The fourth-order valence-corrected chi connectivity index (χ4v) is 3.62. The molecular weight excluding hydrogens is 260 g/mol. The highest BCUT2D eigenvalue weighted by Crippen LogP contribution is 2.41. The second kappa shape index (κ2) is 5.98. The van der Waals surface area contributed by atoms with E-state index < -0.39 is 0 Å². The summed E-state index contributed by atoms with van der Waals surface area (Å²) in [5, 5.41) is 3.52. The Balaban J connectivity index is 2.01. The van der Waals surface area contributed by atoms with E-state index in [4.69, 9.17) is 4.74 Å². The Labute approximate surface area is 128 Å². The lowest BCUT2D eigenvalue weighted by molar-refractivity contribution is 0.204. The number of methoxy groups -OCH3 is 1. The van der Waals surface area contributed by atoms with Gasteiger partial charge in [0, 0.05) is 25.9 Å². The first-order valence-corrected chi connectivity index (χ1v) is 8.23. The Morgan fingerprint density at radius 1 is 1.19 bits per heavy atom. The monoisotopic (exact) mass is 288 g/mol. The van der Waals surface area contributed by atoms with Gasteiger partial charge in [-0.05, 0) is 60.5 Å². The highest BCUT2D eigenvalue weighted by Gasteiger charge is 2.32. The molecule has 3 nitrogen and oxygen atoms in total. The summed E-state index contributed by atoms with van der Waals surface area (Å²) in [6.45, 7) is 9.93. The van der Waals surface area contributed by atoms with Gasteiger partial charge in [-0.1, -0.05) is 19.9 Å². The van der Waals surface area contributed by atoms with Gasteiger partial charge in [-0.25, -0.2) is 0 Å². The van der Waals surface area contributed by atoms with Gasteiger partial charge in [0.15, 0.2) is 0 Å². The zero-order valence-corrected chi connectivity index (χ0v) is 13.7. The fourth-order valence-electron chi connectivity index (χ4n) is 3.62. The maximum absolute atomic E-state index is 5.29. The minimum Gasteiger partial charge on any atom is -0.383 e. The van der Waals surface area contributed by atoms with Crippen molar-refractivity contribution in [1.29, 1.82) is 0 Å². The summed E-state index contributed by atoms with van der Waals surface area (Å²) in [4.78, 5) is 2.52. The smallest absolute Gasteiger partial charge is 0.0637 e. The normalized spacial score (nSPS) is 20.6. The number of nitrogens with one attached hydrogen (secondary N) is 1. The molecule has 21 heavy (non-hydrogen) atoms. The second-order valence-corrected chi connectivity index (χ2v) is 7.00. The van der Waals surface area contributed by atoms with Gasteiger partial charge in [-0.3, -0.25) is 0 Å². The molecule has 0 atom stereocenters. The van der Waals surface area contributed by atoms with E-state index in [9.17, 15) is 0 Å². The third kappa shape index (κ3) is 2.95. The van der Waals surface area contributed by atoms with Gasteiger partial charge in [0.1, 0.15) is 0 Å². The van der Waals surface area contributed by atoms with Crippen LogP contribution in [-0.2, 0) is 23.0 Å². The molecule has 0 fully saturated rings. The molecule has 0 radical (unpaired) electrons. The van der Waals surface area contributed by atoms with Gasteiger partial charge < -0.3 is 15.0 Å². The first kappa shape index (κ1) is 14.9. The lowest BCUT2D eigenvalue weighted by Gasteiger charge is -2.41. The second-order valence-electron chi connectivity index (χ2n) is 7.00. The van der Waals surface area contributed by atoms with Gasteiger partial charge in [-0.15, -0.1) is 0 Å². The molecule has 0 saturated heterocycles. The maximum atomic E-state index is 5.29. The van der Waals surface area contributed by atoms with Gasteiger partial charge in [0.25, 0.3) is 0 Å². The Hall–Kier alpha value is -1.06. The topological polar surface area (TPSA) is 24.5 Å². The number of rotatable bonds is 3. The summed E-state index contributed by atoms with van der Waals surface area (Å²) in [5.41, 5.74) is 6.36. The number of hydrogen-bond donors (Lipinski definition) is 1. The first-order valence-electron chi connectivity index (χ1n) is 8.23. The van der Waals surface area contributed by atoms with E-state index in [1.165, 1.54) is 17.7 Å². The van der Waals surface area contributed by atoms with Crippen molar-refractivity contribution in [3.63, 3.8) is 0 Å². The van der Waals surface area contributed by atoms with Crippen LogP contribution in [0.2, 0.25) is 0 Å². The lowest BCUT2D eigenvalue weighted by Crippen LogP contribution is -2.39. The van der Waals surface area contributed by atoms with Crippen molar-refractivity contribution in [2.24, 2.45) is 0 Å². The van der Waals surface area contributed by atoms with E-state index in [0.717, 1.165) is 45.6 Å². The largest absolute Gasteiger partial charge is 0.383 e. The maximum Gasteiger partial charge on any atom is 0.0637 e. The van der Waals surface area contributed by atoms with E-state index in [1.807, 2.05) is 0 Å². The number of nitrogens with zero attached hydrogens (tertiary/aromatic N) is 1. The van der Waals surface area contributed by atoms with Crippen LogP contribution in [0.4, 0.5) is 5.69 Å². The third-order valence-corrected chi connectivity index (χ3v) is 5.10. The summed E-state index contributed by atoms with van der Waals surface area (Å²) < 4.78 is 5.29. The Kier molecular flexibility index (Phi) is 4.23. The van der Waals surface area contributed by atoms with Crippen molar-refractivity contribution in [3.05, 3.63) is 28.8 Å². The molecule has 116 valence electrons. The molecule has 1 N–H and O–H groups in total. The number of benzene rings is 1. The molecule has 3 heteroatoms. The number of hydrogen-bond acceptors (Lipinski definition) is 3. The van der Waals surface area contributed by atoms with E-state index >= 15 is 0 Å². The quantitative estimate of drug-likeness (QED) is 0.925. The van der Waals surface area contributed by atoms with Crippen LogP contribution in [0.25, 0.3) is 0 Å². The van der Waals surface area contributed by atoms with Gasteiger partial charge in [0.2, 0.25) is 0 Å². The average molecular weight is 288 g/mol. The Morgan fingerprint density at radius 2 is 1.90 bits per heavy atom. The standard InChI is InChI=1S/C18H28N2O/c1-18(2)6-9-20(10-11-21-3)17-13-15-5-8-19-7-4-14(15)12-16(17)18/h12-13,19H,4-11H2,1-3H3. The van der Waals surface area contributed by atoms with Crippen LogP contribution in [0.15, 0.2) is 12.1 Å². The lowest BCUT2D eigenvalue weighted by atomic mass is 9.76. The van der Waals surface area contributed by atoms with Gasteiger partial charge >= 0.3 is 0 Å². The van der Waals surface area contributed by atoms with Crippen LogP contribution in [0.5, 0.6) is 0 Å². The molecule has 0 aliphatic carbocycles. The van der Waals surface area contributed by atoms with Crippen LogP contribution >= 0.6 is 0 Å². The first-order chi connectivity index (χ1) is 10.1. The Morgan fingerprint density at radius 3 is 2.62 bits per heavy atom. The number of fused-ring (bicyclic) bond motifs is 2. The SMILES string of the molecule is COCCN1CCC(C)(C)c2cc3c(cc21)CCNCC3. The molecule has 2 heterocycles. The van der Waals surface area contributed by atoms with Crippen molar-refractivity contribution < 1.29 is 4.74 Å². The van der Waals surface area contributed by atoms with Gasteiger partial charge in [0.05, 0.1) is 6.61 Å². The summed E-state index contributed by atoms with van der Waals surface area (Å²) >= 11 is 0. The molecule has 1 aromatic rings.